The van der Waals surface area contributed by atoms with Gasteiger partial charge in [-0.15, -0.1) is 0 Å². The summed E-state index contributed by atoms with van der Waals surface area (Å²) >= 11 is 0. The Kier molecular flexibility index (Phi) is 8.75. The van der Waals surface area contributed by atoms with Crippen LogP contribution in [0.2, 0.25) is 0 Å². The molecule has 0 spiro atoms. The van der Waals surface area contributed by atoms with Crippen LogP contribution in [0.3, 0.4) is 0 Å². The van der Waals surface area contributed by atoms with Gasteiger partial charge in [-0.1, -0.05) is 72.8 Å². The zero-order valence-electron chi connectivity index (χ0n) is 27.9. The summed E-state index contributed by atoms with van der Waals surface area (Å²) in [5.74, 6) is 2.44. The van der Waals surface area contributed by atoms with Crippen molar-refractivity contribution < 1.29 is 14.1 Å². The average Bonchev–Trinajstić information content (AvgIpc) is 3.60. The first-order valence-corrected chi connectivity index (χ1v) is 17.7. The summed E-state index contributed by atoms with van der Waals surface area (Å²) in [7, 11) is -0.542. The number of nitrogens with zero attached hydrogens (tertiary/aromatic N) is 2. The molecule has 3 aliphatic rings. The number of hydrogen-bond donors (Lipinski definition) is 2. The van der Waals surface area contributed by atoms with Gasteiger partial charge in [0.2, 0.25) is 0 Å². The van der Waals surface area contributed by atoms with Gasteiger partial charge in [-0.2, -0.15) is 0 Å². The van der Waals surface area contributed by atoms with E-state index < -0.39 is 7.12 Å². The molecule has 3 heterocycles. The molecule has 0 atom stereocenters. The van der Waals surface area contributed by atoms with Crippen molar-refractivity contribution in [1.82, 2.24) is 4.90 Å². The van der Waals surface area contributed by atoms with E-state index in [-0.39, 0.29) is 5.91 Å². The van der Waals surface area contributed by atoms with Crippen LogP contribution < -0.4 is 31.1 Å². The topological polar surface area (TPSA) is 94.1 Å². The lowest BCUT2D eigenvalue weighted by molar-refractivity contribution is 0.0715. The highest BCUT2D eigenvalue weighted by atomic mass is 16.6. The van der Waals surface area contributed by atoms with Gasteiger partial charge in [-0.25, -0.2) is 0 Å². The van der Waals surface area contributed by atoms with Crippen molar-refractivity contribution in [3.63, 3.8) is 0 Å². The maximum atomic E-state index is 13.9. The van der Waals surface area contributed by atoms with Crippen molar-refractivity contribution in [3.8, 4) is 11.5 Å². The number of anilines is 1. The number of carbonyl (C=O) groups is 1. The number of carbonyl (C=O) groups excluding carboxylic acids is 1. The van der Waals surface area contributed by atoms with Crippen LogP contribution in [-0.2, 0) is 13.1 Å². The third-order valence-electron chi connectivity index (χ3n) is 10.7. The average molecular weight is 651 g/mol. The van der Waals surface area contributed by atoms with Crippen molar-refractivity contribution in [2.24, 2.45) is 11.5 Å². The fourth-order valence-corrected chi connectivity index (χ4v) is 7.92. The first-order chi connectivity index (χ1) is 24.1. The molecule has 7 nitrogen and oxygen atoms in total. The Balaban J connectivity index is 0.942. The highest BCUT2D eigenvalue weighted by Gasteiger charge is 2.36. The number of benzene rings is 5. The van der Waals surface area contributed by atoms with Gasteiger partial charge in [-0.3, -0.25) is 4.79 Å². The Morgan fingerprint density at radius 1 is 0.673 bits per heavy atom. The lowest BCUT2D eigenvalue weighted by Gasteiger charge is -2.34. The third-order valence-corrected chi connectivity index (χ3v) is 10.7. The zero-order chi connectivity index (χ0) is 33.3. The molecule has 8 rings (SSSR count). The maximum absolute atomic E-state index is 13.9. The fraction of sp³-hybridized carbons (Fsp3) is 0.293. The van der Waals surface area contributed by atoms with E-state index in [4.69, 9.17) is 20.8 Å². The van der Waals surface area contributed by atoms with E-state index >= 15 is 0 Å². The molecule has 0 saturated carbocycles. The molecular weight excluding hydrogens is 607 g/mol. The van der Waals surface area contributed by atoms with Gasteiger partial charge in [0.05, 0.1) is 0 Å². The Morgan fingerprint density at radius 2 is 1.27 bits per heavy atom. The van der Waals surface area contributed by atoms with Crippen molar-refractivity contribution >= 4 is 34.9 Å². The van der Waals surface area contributed by atoms with Crippen LogP contribution in [0.1, 0.15) is 70.1 Å². The van der Waals surface area contributed by atoms with E-state index in [1.54, 1.807) is 0 Å². The molecule has 0 radical (unpaired) electrons. The lowest BCUT2D eigenvalue weighted by Crippen LogP contribution is -2.40. The number of rotatable bonds is 7. The third kappa shape index (κ3) is 6.39. The number of nitrogens with two attached hydrogens (primary N) is 2. The second-order valence-electron chi connectivity index (χ2n) is 13.7. The van der Waals surface area contributed by atoms with Crippen LogP contribution in [-0.4, -0.2) is 44.1 Å². The molecule has 0 bridgehead atoms. The molecule has 5 aromatic rings. The first-order valence-electron chi connectivity index (χ1n) is 17.7. The molecule has 3 aliphatic heterocycles. The first kappa shape index (κ1) is 31.5. The van der Waals surface area contributed by atoms with Gasteiger partial charge >= 0.3 is 7.12 Å². The second kappa shape index (κ2) is 13.6. The predicted molar refractivity (Wildman–Crippen MR) is 198 cm³/mol. The van der Waals surface area contributed by atoms with Crippen LogP contribution in [0, 0.1) is 0 Å². The molecular formula is C41H43BN4O3. The largest absolute Gasteiger partial charge is 0.632 e. The van der Waals surface area contributed by atoms with Gasteiger partial charge in [0, 0.05) is 56.0 Å². The monoisotopic (exact) mass is 650 g/mol. The Morgan fingerprint density at radius 3 is 1.92 bits per heavy atom. The van der Waals surface area contributed by atoms with Crippen LogP contribution in [0.4, 0.5) is 5.69 Å². The van der Waals surface area contributed by atoms with Gasteiger partial charge in [0.25, 0.3) is 5.91 Å². The van der Waals surface area contributed by atoms with Crippen molar-refractivity contribution in [1.29, 1.82) is 0 Å². The van der Waals surface area contributed by atoms with Crippen LogP contribution in [0.5, 0.6) is 11.5 Å². The van der Waals surface area contributed by atoms with Gasteiger partial charge in [0.1, 0.15) is 11.5 Å². The fourth-order valence-electron chi connectivity index (χ4n) is 7.92. The SMILES string of the molecule is NCc1cccc(C2CCN(C(=O)c3cccc4cc5c(cc34)OB(c3cccc(N4CCC(c6cccc(CN)c6)CC4)c3)O5)CC2)c1. The quantitative estimate of drug-likeness (QED) is 0.200. The molecule has 0 aromatic heterocycles. The van der Waals surface area contributed by atoms with Crippen molar-refractivity contribution in [3.05, 3.63) is 131 Å². The summed E-state index contributed by atoms with van der Waals surface area (Å²) < 4.78 is 12.8. The number of amides is 1. The molecule has 49 heavy (non-hydrogen) atoms. The van der Waals surface area contributed by atoms with Crippen LogP contribution >= 0.6 is 0 Å². The number of fused-ring (bicyclic) bond motifs is 2. The van der Waals surface area contributed by atoms with Crippen LogP contribution in [0.25, 0.3) is 10.8 Å². The summed E-state index contributed by atoms with van der Waals surface area (Å²) in [4.78, 5) is 18.3. The zero-order valence-corrected chi connectivity index (χ0v) is 27.9. The summed E-state index contributed by atoms with van der Waals surface area (Å²) in [6.07, 6.45) is 4.10. The molecule has 0 unspecified atom stereocenters. The molecule has 1 amide bonds. The second-order valence-corrected chi connectivity index (χ2v) is 13.7. The molecule has 4 N–H and O–H groups in total. The van der Waals surface area contributed by atoms with E-state index in [0.717, 1.165) is 73.7 Å². The Bertz CT molecular complexity index is 1980. The van der Waals surface area contributed by atoms with E-state index in [2.05, 4.69) is 77.7 Å². The van der Waals surface area contributed by atoms with Gasteiger partial charge in [-0.05, 0) is 101 Å². The maximum Gasteiger partial charge on any atom is 0.632 e. The number of hydrogen-bond acceptors (Lipinski definition) is 6. The summed E-state index contributed by atoms with van der Waals surface area (Å²) in [5.41, 5.74) is 19.7. The van der Waals surface area contributed by atoms with Crippen molar-refractivity contribution in [2.45, 2.75) is 50.6 Å². The highest BCUT2D eigenvalue weighted by molar-refractivity contribution is 6.63. The smallest absolute Gasteiger partial charge is 0.519 e. The van der Waals surface area contributed by atoms with Crippen LogP contribution in [0.15, 0.2) is 103 Å². The summed E-state index contributed by atoms with van der Waals surface area (Å²) in [5, 5.41) is 1.86. The molecule has 8 heteroatoms. The number of likely N-dealkylation sites (tertiary alicyclic amines) is 1. The Hall–Kier alpha value is -4.79. The Labute approximate surface area is 288 Å². The van der Waals surface area contributed by atoms with Gasteiger partial charge in [0.15, 0.2) is 0 Å². The molecule has 2 saturated heterocycles. The summed E-state index contributed by atoms with van der Waals surface area (Å²) in [6, 6.07) is 35.7. The van der Waals surface area contributed by atoms with E-state index in [1.807, 2.05) is 35.2 Å². The highest BCUT2D eigenvalue weighted by Crippen LogP contribution is 2.39. The van der Waals surface area contributed by atoms with E-state index in [1.165, 1.54) is 22.4 Å². The number of piperidine rings is 2. The predicted octanol–water partition coefficient (Wildman–Crippen LogP) is 6.33. The normalized spacial score (nSPS) is 16.8. The summed E-state index contributed by atoms with van der Waals surface area (Å²) in [6.45, 7) is 4.58. The molecule has 0 aliphatic carbocycles. The van der Waals surface area contributed by atoms with Crippen molar-refractivity contribution in [2.75, 3.05) is 31.1 Å². The minimum atomic E-state index is -0.542. The molecule has 248 valence electrons. The van der Waals surface area contributed by atoms with E-state index in [0.29, 0.717) is 42.0 Å². The molecule has 2 fully saturated rings. The minimum absolute atomic E-state index is 0.0683. The molecule has 5 aromatic carbocycles. The van der Waals surface area contributed by atoms with E-state index in [9.17, 15) is 4.79 Å². The standard InChI is InChI=1S/C41H43BN4O3/c43-26-28-5-1-7-32(21-28)30-13-17-45(18-14-30)36-11-4-10-35(24-36)42-48-39-23-34-9-3-12-37(38(34)25-40(39)49-42)41(47)46-19-15-31(16-20-46)33-8-2-6-29(22-33)27-44/h1-12,21-25,30-31H,13-20,26-27,43-44H2. The lowest BCUT2D eigenvalue weighted by atomic mass is 9.79. The minimum Gasteiger partial charge on any atom is -0.519 e. The van der Waals surface area contributed by atoms with Gasteiger partial charge < -0.3 is 30.6 Å².